The van der Waals surface area contributed by atoms with Crippen LogP contribution in [0, 0.1) is 0 Å². The predicted molar refractivity (Wildman–Crippen MR) is 126 cm³/mol. The highest BCUT2D eigenvalue weighted by atomic mass is 32.1. The number of urea groups is 1. The van der Waals surface area contributed by atoms with Crippen LogP contribution in [0.1, 0.15) is 64.8 Å². The molecule has 5 rings (SSSR count). The number of carbonyl (C=O) groups excluding carboxylic acids is 2. The van der Waals surface area contributed by atoms with Crippen molar-refractivity contribution in [1.82, 2.24) is 9.47 Å². The van der Waals surface area contributed by atoms with Crippen LogP contribution < -0.4 is 5.32 Å². The Morgan fingerprint density at radius 3 is 2.78 bits per heavy atom. The second kappa shape index (κ2) is 8.47. The van der Waals surface area contributed by atoms with Gasteiger partial charge < -0.3 is 19.5 Å². The molecule has 2 amide bonds. The van der Waals surface area contributed by atoms with Crippen LogP contribution in [0.5, 0.6) is 0 Å². The molecule has 3 heterocycles. The summed E-state index contributed by atoms with van der Waals surface area (Å²) in [6, 6.07) is 10.8. The molecule has 1 N–H and O–H groups in total. The summed E-state index contributed by atoms with van der Waals surface area (Å²) in [7, 11) is 0. The minimum absolute atomic E-state index is 0.112. The van der Waals surface area contributed by atoms with Crippen molar-refractivity contribution < 1.29 is 14.3 Å². The fourth-order valence-electron chi connectivity index (χ4n) is 4.77. The number of hydrogen-bond acceptors (Lipinski definition) is 4. The van der Waals surface area contributed by atoms with E-state index in [0.717, 1.165) is 18.5 Å². The number of nitrogens with zero attached hydrogens (tertiary/aromatic N) is 2. The van der Waals surface area contributed by atoms with Crippen molar-refractivity contribution >= 4 is 29.0 Å². The molecule has 0 bridgehead atoms. The van der Waals surface area contributed by atoms with Crippen molar-refractivity contribution in [3.05, 3.63) is 69.9 Å². The summed E-state index contributed by atoms with van der Waals surface area (Å²) < 4.78 is 7.42. The van der Waals surface area contributed by atoms with E-state index in [1.54, 1.807) is 25.1 Å². The van der Waals surface area contributed by atoms with Gasteiger partial charge >= 0.3 is 12.0 Å². The van der Waals surface area contributed by atoms with Crippen LogP contribution in [0.15, 0.2) is 42.6 Å². The van der Waals surface area contributed by atoms with Crippen LogP contribution in [0.4, 0.5) is 10.5 Å². The van der Waals surface area contributed by atoms with Crippen molar-refractivity contribution in [3.8, 4) is 5.00 Å². The summed E-state index contributed by atoms with van der Waals surface area (Å²) in [6.45, 7) is 4.67. The number of carbonyl (C=O) groups is 2. The molecule has 2 aliphatic rings. The molecule has 1 aliphatic carbocycles. The third-order valence-corrected chi connectivity index (χ3v) is 7.74. The minimum atomic E-state index is -0.435. The number of nitrogens with one attached hydrogen (secondary N) is 1. The van der Waals surface area contributed by atoms with Crippen LogP contribution in [0.25, 0.3) is 5.00 Å². The van der Waals surface area contributed by atoms with Crippen LogP contribution in [0.2, 0.25) is 0 Å². The Kier molecular flexibility index (Phi) is 5.51. The van der Waals surface area contributed by atoms with E-state index < -0.39 is 5.97 Å². The first-order valence-corrected chi connectivity index (χ1v) is 12.0. The molecule has 0 fully saturated rings. The Balaban J connectivity index is 1.50. The third-order valence-electron chi connectivity index (χ3n) is 6.41. The van der Waals surface area contributed by atoms with Gasteiger partial charge in [-0.3, -0.25) is 0 Å². The number of fused-ring (bicyclic) bond motifs is 5. The maximum absolute atomic E-state index is 13.6. The summed E-state index contributed by atoms with van der Waals surface area (Å²) in [4.78, 5) is 29.3. The van der Waals surface area contributed by atoms with Crippen LogP contribution >= 0.6 is 11.3 Å². The van der Waals surface area contributed by atoms with Gasteiger partial charge in [-0.05, 0) is 69.4 Å². The smallest absolute Gasteiger partial charge is 0.340 e. The van der Waals surface area contributed by atoms with Crippen molar-refractivity contribution in [3.63, 3.8) is 0 Å². The molecule has 3 aromatic rings. The van der Waals surface area contributed by atoms with Gasteiger partial charge in [-0.25, -0.2) is 9.59 Å². The van der Waals surface area contributed by atoms with E-state index in [4.69, 9.17) is 4.74 Å². The molecule has 0 spiro atoms. The van der Waals surface area contributed by atoms with Gasteiger partial charge in [0.15, 0.2) is 0 Å². The molecule has 0 saturated heterocycles. The maximum Gasteiger partial charge on any atom is 0.340 e. The molecule has 1 aliphatic heterocycles. The molecule has 32 heavy (non-hydrogen) atoms. The van der Waals surface area contributed by atoms with E-state index in [9.17, 15) is 9.59 Å². The molecule has 2 aromatic heterocycles. The average molecular weight is 450 g/mol. The number of rotatable bonds is 3. The Hall–Kier alpha value is -3.06. The maximum atomic E-state index is 13.6. The highest BCUT2D eigenvalue weighted by Crippen LogP contribution is 2.42. The largest absolute Gasteiger partial charge is 0.462 e. The highest BCUT2D eigenvalue weighted by molar-refractivity contribution is 7.15. The van der Waals surface area contributed by atoms with Gasteiger partial charge in [0, 0.05) is 22.3 Å². The lowest BCUT2D eigenvalue weighted by atomic mass is 9.95. The summed E-state index contributed by atoms with van der Waals surface area (Å²) in [5, 5.41) is 4.23. The van der Waals surface area contributed by atoms with Gasteiger partial charge in [-0.1, -0.05) is 12.1 Å². The van der Waals surface area contributed by atoms with Gasteiger partial charge in [0.1, 0.15) is 5.00 Å². The molecule has 0 unspecified atom stereocenters. The quantitative estimate of drug-likeness (QED) is 0.522. The second-order valence-electron chi connectivity index (χ2n) is 8.30. The van der Waals surface area contributed by atoms with E-state index >= 15 is 0 Å². The number of amides is 2. The second-order valence-corrected chi connectivity index (χ2v) is 9.38. The van der Waals surface area contributed by atoms with Crippen molar-refractivity contribution in [1.29, 1.82) is 0 Å². The SMILES string of the molecule is CCOC(=O)c1ccccc1NC(=O)N1Cc2c(sc3c2CCCC3)-n2cccc2[C@H]1C. The third kappa shape index (κ3) is 3.50. The van der Waals surface area contributed by atoms with E-state index in [-0.39, 0.29) is 18.7 Å². The fraction of sp³-hybridized carbons (Fsp3) is 0.360. The van der Waals surface area contributed by atoms with E-state index in [2.05, 4.69) is 29.1 Å². The first kappa shape index (κ1) is 20.8. The number of hydrogen-bond donors (Lipinski definition) is 1. The molecule has 0 radical (unpaired) electrons. The van der Waals surface area contributed by atoms with E-state index in [0.29, 0.717) is 17.8 Å². The van der Waals surface area contributed by atoms with Gasteiger partial charge in [0.25, 0.3) is 0 Å². The molecular weight excluding hydrogens is 422 g/mol. The monoisotopic (exact) mass is 449 g/mol. The lowest BCUT2D eigenvalue weighted by Crippen LogP contribution is -2.36. The Morgan fingerprint density at radius 2 is 1.94 bits per heavy atom. The standard InChI is InChI=1S/C25H27N3O3S/c1-3-31-24(29)18-10-4-6-11-20(18)26-25(30)28-15-19-17-9-5-7-13-22(17)32-23(19)27-14-8-12-21(27)16(28)2/h4,6,8,10-12,14,16H,3,5,7,9,13,15H2,1-2H3,(H,26,30)/t16-/m1/s1. The number of benzene rings is 1. The molecular formula is C25H27N3O3S. The zero-order valence-corrected chi connectivity index (χ0v) is 19.2. The highest BCUT2D eigenvalue weighted by Gasteiger charge is 2.33. The first-order valence-electron chi connectivity index (χ1n) is 11.2. The van der Waals surface area contributed by atoms with Gasteiger partial charge in [-0.15, -0.1) is 11.3 Å². The average Bonchev–Trinajstić information content (AvgIpc) is 3.40. The summed E-state index contributed by atoms with van der Waals surface area (Å²) >= 11 is 1.87. The molecule has 1 atom stereocenters. The lowest BCUT2D eigenvalue weighted by Gasteiger charge is -2.28. The lowest BCUT2D eigenvalue weighted by molar-refractivity contribution is 0.0527. The van der Waals surface area contributed by atoms with Crippen molar-refractivity contribution in [2.75, 3.05) is 11.9 Å². The van der Waals surface area contributed by atoms with Crippen molar-refractivity contribution in [2.24, 2.45) is 0 Å². The summed E-state index contributed by atoms with van der Waals surface area (Å²) in [5.41, 5.74) is 4.61. The van der Waals surface area contributed by atoms with Crippen molar-refractivity contribution in [2.45, 2.75) is 52.1 Å². The van der Waals surface area contributed by atoms with Gasteiger partial charge in [0.05, 0.1) is 30.4 Å². The number of thiophene rings is 1. The summed E-state index contributed by atoms with van der Waals surface area (Å²) in [6.07, 6.45) is 6.73. The summed E-state index contributed by atoms with van der Waals surface area (Å²) in [5.74, 6) is -0.435. The Bertz CT molecular complexity index is 1180. The minimum Gasteiger partial charge on any atom is -0.462 e. The normalized spacial score (nSPS) is 17.1. The van der Waals surface area contributed by atoms with Gasteiger partial charge in [-0.2, -0.15) is 0 Å². The van der Waals surface area contributed by atoms with Crippen LogP contribution in [-0.4, -0.2) is 28.1 Å². The zero-order valence-electron chi connectivity index (χ0n) is 18.4. The number of ether oxygens (including phenoxy) is 1. The number of para-hydroxylation sites is 1. The first-order chi connectivity index (χ1) is 15.6. The predicted octanol–water partition coefficient (Wildman–Crippen LogP) is 5.70. The van der Waals surface area contributed by atoms with Gasteiger partial charge in [0.2, 0.25) is 0 Å². The molecule has 7 heteroatoms. The molecule has 166 valence electrons. The molecule has 6 nitrogen and oxygen atoms in total. The topological polar surface area (TPSA) is 63.6 Å². The van der Waals surface area contributed by atoms with E-state index in [1.807, 2.05) is 28.4 Å². The van der Waals surface area contributed by atoms with Crippen LogP contribution in [-0.2, 0) is 24.1 Å². The molecule has 1 aromatic carbocycles. The number of aryl methyl sites for hydroxylation is 1. The van der Waals surface area contributed by atoms with Crippen LogP contribution in [0.3, 0.4) is 0 Å². The number of aromatic nitrogens is 1. The van der Waals surface area contributed by atoms with E-state index in [1.165, 1.54) is 33.8 Å². The number of anilines is 1. The zero-order chi connectivity index (χ0) is 22.2. The molecule has 0 saturated carbocycles. The fourth-order valence-corrected chi connectivity index (χ4v) is 6.18. The number of esters is 1. The Morgan fingerprint density at radius 1 is 1.12 bits per heavy atom. The Labute approximate surface area is 191 Å².